The highest BCUT2D eigenvalue weighted by molar-refractivity contribution is 5.97. The van der Waals surface area contributed by atoms with E-state index in [1.807, 2.05) is 43.3 Å². The molecule has 164 valence electrons. The number of aromatic nitrogens is 4. The van der Waals surface area contributed by atoms with E-state index in [0.717, 1.165) is 24.2 Å². The van der Waals surface area contributed by atoms with Gasteiger partial charge in [-0.25, -0.2) is 14.5 Å². The molecule has 1 aliphatic heterocycles. The van der Waals surface area contributed by atoms with Crippen LogP contribution in [-0.2, 0) is 19.5 Å². The Morgan fingerprint density at radius 1 is 1.29 bits per heavy atom. The molecule has 0 spiro atoms. The number of carbonyl (C=O) groups excluding carboxylic acids is 1. The molecule has 1 atom stereocenters. The summed E-state index contributed by atoms with van der Waals surface area (Å²) in [6.45, 7) is 1.87. The van der Waals surface area contributed by atoms with Crippen LogP contribution < -0.4 is 15.7 Å². The van der Waals surface area contributed by atoms with Gasteiger partial charge in [-0.3, -0.25) is 9.36 Å². The number of para-hydroxylation sites is 1. The Bertz CT molecular complexity index is 1150. The third kappa shape index (κ3) is 4.46. The number of likely N-dealkylation sites (N-methyl/N-ethyl adjacent to an activating group) is 1. The Labute approximate surface area is 180 Å². The van der Waals surface area contributed by atoms with E-state index in [-0.39, 0.29) is 17.6 Å². The van der Waals surface area contributed by atoms with Crippen LogP contribution in [0.4, 0.5) is 0 Å². The van der Waals surface area contributed by atoms with Crippen molar-refractivity contribution in [3.8, 4) is 5.75 Å². The Balaban J connectivity index is 1.45. The van der Waals surface area contributed by atoms with Crippen LogP contribution in [0.15, 0.2) is 35.1 Å². The molecular weight excluding hydrogens is 396 g/mol. The van der Waals surface area contributed by atoms with Gasteiger partial charge in [0.25, 0.3) is 5.91 Å². The minimum absolute atomic E-state index is 0.0527. The lowest BCUT2D eigenvalue weighted by Gasteiger charge is -2.16. The van der Waals surface area contributed by atoms with Gasteiger partial charge in [0, 0.05) is 37.0 Å². The van der Waals surface area contributed by atoms with Crippen molar-refractivity contribution >= 4 is 16.8 Å². The van der Waals surface area contributed by atoms with Gasteiger partial charge in [0.05, 0.1) is 19.2 Å². The van der Waals surface area contributed by atoms with Crippen LogP contribution in [-0.4, -0.2) is 63.9 Å². The van der Waals surface area contributed by atoms with Crippen molar-refractivity contribution in [2.24, 2.45) is 0 Å². The van der Waals surface area contributed by atoms with Crippen LogP contribution in [0.1, 0.15) is 29.2 Å². The maximum Gasteiger partial charge on any atom is 0.345 e. The summed E-state index contributed by atoms with van der Waals surface area (Å²) < 4.78 is 8.72. The summed E-state index contributed by atoms with van der Waals surface area (Å²) in [6.07, 6.45) is 2.03. The monoisotopic (exact) mass is 424 g/mol. The largest absolute Gasteiger partial charge is 0.496 e. The van der Waals surface area contributed by atoms with Crippen molar-refractivity contribution in [1.29, 1.82) is 0 Å². The number of nitrogens with one attached hydrogen (secondary N) is 1. The first-order valence-electron chi connectivity index (χ1n) is 10.5. The zero-order chi connectivity index (χ0) is 22.0. The summed E-state index contributed by atoms with van der Waals surface area (Å²) in [4.78, 5) is 32.1. The summed E-state index contributed by atoms with van der Waals surface area (Å²) in [5, 5.41) is 8.45. The summed E-state index contributed by atoms with van der Waals surface area (Å²) in [6, 6.07) is 9.19. The van der Waals surface area contributed by atoms with Crippen LogP contribution >= 0.6 is 0 Å². The number of amides is 1. The summed E-state index contributed by atoms with van der Waals surface area (Å²) in [5.74, 6) is 1.16. The third-order valence-electron chi connectivity index (χ3n) is 5.64. The molecule has 0 radical (unpaired) electrons. The number of pyridine rings is 1. The molecule has 0 aliphatic carbocycles. The molecular formula is C22H28N6O3. The van der Waals surface area contributed by atoms with Gasteiger partial charge in [-0.05, 0) is 39.1 Å². The highest BCUT2D eigenvalue weighted by Gasteiger charge is 2.23. The Hall–Kier alpha value is -3.20. The van der Waals surface area contributed by atoms with E-state index in [4.69, 9.17) is 4.74 Å². The molecule has 1 amide bonds. The molecule has 4 rings (SSSR count). The van der Waals surface area contributed by atoms with Gasteiger partial charge in [-0.15, -0.1) is 0 Å². The van der Waals surface area contributed by atoms with E-state index in [0.29, 0.717) is 42.9 Å². The van der Waals surface area contributed by atoms with Crippen molar-refractivity contribution in [2.45, 2.75) is 38.4 Å². The molecule has 0 fully saturated rings. The minimum atomic E-state index is -0.239. The number of benzene rings is 1. The predicted octanol–water partition coefficient (Wildman–Crippen LogP) is 1.30. The number of rotatable bonds is 6. The molecule has 1 N–H and O–H groups in total. The molecule has 1 aliphatic rings. The maximum absolute atomic E-state index is 12.9. The summed E-state index contributed by atoms with van der Waals surface area (Å²) >= 11 is 0. The van der Waals surface area contributed by atoms with Crippen molar-refractivity contribution < 1.29 is 9.53 Å². The molecule has 0 saturated heterocycles. The quantitative estimate of drug-likeness (QED) is 0.641. The number of aryl methyl sites for hydroxylation is 1. The second-order valence-corrected chi connectivity index (χ2v) is 8.10. The average Bonchev–Trinajstić information content (AvgIpc) is 2.93. The molecule has 31 heavy (non-hydrogen) atoms. The number of carbonyl (C=O) groups is 1. The van der Waals surface area contributed by atoms with Gasteiger partial charge in [-0.2, -0.15) is 5.10 Å². The number of hydrogen-bond acceptors (Lipinski definition) is 6. The molecule has 3 aromatic rings. The second-order valence-electron chi connectivity index (χ2n) is 8.10. The fourth-order valence-electron chi connectivity index (χ4n) is 3.90. The predicted molar refractivity (Wildman–Crippen MR) is 118 cm³/mol. The number of nitrogens with zero attached hydrogens (tertiary/aromatic N) is 5. The Morgan fingerprint density at radius 3 is 2.87 bits per heavy atom. The van der Waals surface area contributed by atoms with E-state index in [1.165, 1.54) is 0 Å². The first-order valence-corrected chi connectivity index (χ1v) is 10.5. The van der Waals surface area contributed by atoms with Gasteiger partial charge in [0.15, 0.2) is 0 Å². The number of methoxy groups -OCH3 is 1. The normalized spacial score (nSPS) is 16.2. The summed E-state index contributed by atoms with van der Waals surface area (Å²) in [5.41, 5.74) is 0.958. The molecule has 1 unspecified atom stereocenters. The molecule has 9 heteroatoms. The van der Waals surface area contributed by atoms with E-state index in [2.05, 4.69) is 15.4 Å². The first-order chi connectivity index (χ1) is 15.0. The molecule has 3 heterocycles. The maximum atomic E-state index is 12.9. The van der Waals surface area contributed by atoms with Crippen LogP contribution in [0, 0.1) is 0 Å². The second kappa shape index (κ2) is 8.89. The van der Waals surface area contributed by atoms with Crippen molar-refractivity contribution in [3.63, 3.8) is 0 Å². The molecule has 1 aromatic carbocycles. The fraction of sp³-hybridized carbons (Fsp3) is 0.455. The smallest absolute Gasteiger partial charge is 0.345 e. The first kappa shape index (κ1) is 21.0. The van der Waals surface area contributed by atoms with E-state index in [1.54, 1.807) is 22.4 Å². The van der Waals surface area contributed by atoms with Crippen LogP contribution in [0.5, 0.6) is 5.75 Å². The topological polar surface area (TPSA) is 94.3 Å². The highest BCUT2D eigenvalue weighted by Crippen LogP contribution is 2.25. The van der Waals surface area contributed by atoms with Crippen molar-refractivity contribution in [3.05, 3.63) is 52.3 Å². The van der Waals surface area contributed by atoms with Gasteiger partial charge in [0.1, 0.15) is 17.3 Å². The van der Waals surface area contributed by atoms with E-state index < -0.39 is 0 Å². The number of ether oxygens (including phenoxy) is 1. The lowest BCUT2D eigenvalue weighted by molar-refractivity contribution is 0.0928. The fourth-order valence-corrected chi connectivity index (χ4v) is 3.90. The van der Waals surface area contributed by atoms with Crippen molar-refractivity contribution in [2.75, 3.05) is 27.7 Å². The lowest BCUT2D eigenvalue weighted by atomic mass is 10.1. The molecule has 2 aromatic heterocycles. The standard InChI is InChI=1S/C22H28N6O3/c1-26(2)12-13-28-22(30)27-11-10-15(8-9-20(27)25-28)23-21(29)18-14-19(31-3)16-6-4-5-7-17(16)24-18/h4-7,14-15H,8-13H2,1-3H3,(H,23,29). The Kier molecular flexibility index (Phi) is 6.03. The van der Waals surface area contributed by atoms with Gasteiger partial charge in [0.2, 0.25) is 0 Å². The number of fused-ring (bicyclic) bond motifs is 2. The van der Waals surface area contributed by atoms with Gasteiger partial charge in [-0.1, -0.05) is 12.1 Å². The zero-order valence-corrected chi connectivity index (χ0v) is 18.2. The molecule has 0 saturated carbocycles. The highest BCUT2D eigenvalue weighted by atomic mass is 16.5. The van der Waals surface area contributed by atoms with Gasteiger partial charge < -0.3 is 15.0 Å². The van der Waals surface area contributed by atoms with E-state index >= 15 is 0 Å². The average molecular weight is 425 g/mol. The van der Waals surface area contributed by atoms with Gasteiger partial charge >= 0.3 is 5.69 Å². The van der Waals surface area contributed by atoms with Crippen LogP contribution in [0.25, 0.3) is 10.9 Å². The third-order valence-corrected chi connectivity index (χ3v) is 5.64. The lowest BCUT2D eigenvalue weighted by Crippen LogP contribution is -2.36. The van der Waals surface area contributed by atoms with Crippen LogP contribution in [0.2, 0.25) is 0 Å². The van der Waals surface area contributed by atoms with Crippen LogP contribution in [0.3, 0.4) is 0 Å². The minimum Gasteiger partial charge on any atom is -0.496 e. The van der Waals surface area contributed by atoms with Crippen molar-refractivity contribution in [1.82, 2.24) is 29.5 Å². The zero-order valence-electron chi connectivity index (χ0n) is 18.2. The summed E-state index contributed by atoms with van der Waals surface area (Å²) in [7, 11) is 5.53. The molecule has 9 nitrogen and oxygen atoms in total. The number of hydrogen-bond donors (Lipinski definition) is 1. The Morgan fingerprint density at radius 2 is 2.10 bits per heavy atom. The van der Waals surface area contributed by atoms with E-state index in [9.17, 15) is 9.59 Å². The SMILES string of the molecule is COc1cc(C(=O)NC2CCc3nn(CCN(C)C)c(=O)n3CC2)nc2ccccc12. The molecule has 0 bridgehead atoms.